The fourth-order valence-corrected chi connectivity index (χ4v) is 1.26. The molecule has 0 spiro atoms. The van der Waals surface area contributed by atoms with Gasteiger partial charge in [0.15, 0.2) is 0 Å². The first-order valence-electron chi connectivity index (χ1n) is 5.21. The summed E-state index contributed by atoms with van der Waals surface area (Å²) in [5.74, 6) is 5.94. The molecule has 0 aromatic rings. The molecule has 1 atom stereocenters. The van der Waals surface area contributed by atoms with Gasteiger partial charge in [0.25, 0.3) is 0 Å². The molecular formula is C12H19ClO. The molecule has 0 aliphatic carbocycles. The van der Waals surface area contributed by atoms with Crippen LogP contribution in [-0.4, -0.2) is 11.7 Å². The average molecular weight is 215 g/mol. The molecule has 0 saturated carbocycles. The predicted octanol–water partition coefficient (Wildman–Crippen LogP) is 3.32. The molecular weight excluding hydrogens is 196 g/mol. The standard InChI is InChI=1S/C12H19ClO/c1-2-3-4-5-6-7-8-12(11-14)9-10-13/h9-10,12,14H,2-6,11H2,1H3/b10-9+. The molecule has 0 rings (SSSR count). The van der Waals surface area contributed by atoms with Gasteiger partial charge >= 0.3 is 0 Å². The Morgan fingerprint density at radius 1 is 1.36 bits per heavy atom. The minimum atomic E-state index is -0.0984. The molecule has 80 valence electrons. The van der Waals surface area contributed by atoms with Crippen LogP contribution in [-0.2, 0) is 0 Å². The topological polar surface area (TPSA) is 20.2 Å². The van der Waals surface area contributed by atoms with E-state index in [2.05, 4.69) is 18.8 Å². The molecule has 0 aliphatic rings. The van der Waals surface area contributed by atoms with Crippen molar-refractivity contribution in [2.24, 2.45) is 5.92 Å². The largest absolute Gasteiger partial charge is 0.395 e. The van der Waals surface area contributed by atoms with Gasteiger partial charge in [-0.05, 0) is 6.42 Å². The first-order chi connectivity index (χ1) is 6.85. The Labute approximate surface area is 92.2 Å². The lowest BCUT2D eigenvalue weighted by atomic mass is 10.1. The van der Waals surface area contributed by atoms with Gasteiger partial charge in [-0.1, -0.05) is 49.8 Å². The second-order valence-electron chi connectivity index (χ2n) is 3.24. The van der Waals surface area contributed by atoms with E-state index in [1.807, 2.05) is 0 Å². The van der Waals surface area contributed by atoms with Crippen molar-refractivity contribution >= 4 is 11.6 Å². The molecule has 0 bridgehead atoms. The highest BCUT2D eigenvalue weighted by atomic mass is 35.5. The van der Waals surface area contributed by atoms with Crippen LogP contribution in [0, 0.1) is 17.8 Å². The van der Waals surface area contributed by atoms with Crippen LogP contribution in [0.4, 0.5) is 0 Å². The van der Waals surface area contributed by atoms with Gasteiger partial charge in [0.05, 0.1) is 12.5 Å². The van der Waals surface area contributed by atoms with Gasteiger partial charge in [-0.15, -0.1) is 5.92 Å². The normalized spacial score (nSPS) is 12.5. The van der Waals surface area contributed by atoms with Crippen molar-refractivity contribution in [3.63, 3.8) is 0 Å². The zero-order valence-corrected chi connectivity index (χ0v) is 9.56. The van der Waals surface area contributed by atoms with Crippen LogP contribution in [0.1, 0.15) is 39.0 Å². The lowest BCUT2D eigenvalue weighted by Crippen LogP contribution is -1.97. The summed E-state index contributed by atoms with van der Waals surface area (Å²) in [5, 5.41) is 8.89. The monoisotopic (exact) mass is 214 g/mol. The van der Waals surface area contributed by atoms with E-state index in [9.17, 15) is 0 Å². The van der Waals surface area contributed by atoms with Crippen molar-refractivity contribution in [3.8, 4) is 11.8 Å². The van der Waals surface area contributed by atoms with Crippen molar-refractivity contribution < 1.29 is 5.11 Å². The van der Waals surface area contributed by atoms with Crippen molar-refractivity contribution in [1.29, 1.82) is 0 Å². The number of rotatable bonds is 6. The minimum Gasteiger partial charge on any atom is -0.395 e. The van der Waals surface area contributed by atoms with Gasteiger partial charge in [0.2, 0.25) is 0 Å². The van der Waals surface area contributed by atoms with Crippen LogP contribution in [0.3, 0.4) is 0 Å². The Morgan fingerprint density at radius 3 is 2.71 bits per heavy atom. The molecule has 1 nitrogen and oxygen atoms in total. The van der Waals surface area contributed by atoms with E-state index in [0.29, 0.717) is 0 Å². The molecule has 14 heavy (non-hydrogen) atoms. The highest BCUT2D eigenvalue weighted by molar-refractivity contribution is 6.25. The SMILES string of the molecule is CCCCCCC#CC(/C=C/Cl)CO. The van der Waals surface area contributed by atoms with E-state index in [4.69, 9.17) is 16.7 Å². The van der Waals surface area contributed by atoms with E-state index in [1.54, 1.807) is 6.08 Å². The summed E-state index contributed by atoms with van der Waals surface area (Å²) in [6, 6.07) is 0. The van der Waals surface area contributed by atoms with E-state index >= 15 is 0 Å². The molecule has 0 heterocycles. The molecule has 0 fully saturated rings. The molecule has 0 aliphatic heterocycles. The van der Waals surface area contributed by atoms with E-state index in [1.165, 1.54) is 24.8 Å². The minimum absolute atomic E-state index is 0.0468. The van der Waals surface area contributed by atoms with E-state index in [-0.39, 0.29) is 12.5 Å². The fraction of sp³-hybridized carbons (Fsp3) is 0.667. The maximum atomic E-state index is 8.89. The second-order valence-corrected chi connectivity index (χ2v) is 3.49. The molecule has 0 radical (unpaired) electrons. The number of hydrogen-bond donors (Lipinski definition) is 1. The van der Waals surface area contributed by atoms with Crippen LogP contribution in [0.2, 0.25) is 0 Å². The molecule has 0 aromatic carbocycles. The summed E-state index contributed by atoms with van der Waals surface area (Å²) in [4.78, 5) is 0. The van der Waals surface area contributed by atoms with Crippen LogP contribution in [0.25, 0.3) is 0 Å². The van der Waals surface area contributed by atoms with Crippen molar-refractivity contribution in [3.05, 3.63) is 11.6 Å². The van der Waals surface area contributed by atoms with E-state index < -0.39 is 0 Å². The molecule has 0 saturated heterocycles. The lowest BCUT2D eigenvalue weighted by molar-refractivity contribution is 0.277. The van der Waals surface area contributed by atoms with E-state index in [0.717, 1.165) is 12.8 Å². The van der Waals surface area contributed by atoms with Gasteiger partial charge in [-0.3, -0.25) is 0 Å². The Balaban J connectivity index is 3.57. The highest BCUT2D eigenvalue weighted by Crippen LogP contribution is 2.02. The zero-order valence-electron chi connectivity index (χ0n) is 8.80. The van der Waals surface area contributed by atoms with Crippen molar-refractivity contribution in [1.82, 2.24) is 0 Å². The maximum absolute atomic E-state index is 8.89. The Morgan fingerprint density at radius 2 is 2.14 bits per heavy atom. The summed E-state index contributed by atoms with van der Waals surface area (Å²) in [6.07, 6.45) is 7.57. The molecule has 1 N–H and O–H groups in total. The second kappa shape index (κ2) is 10.6. The molecule has 1 unspecified atom stereocenters. The molecule has 2 heteroatoms. The first-order valence-corrected chi connectivity index (χ1v) is 5.65. The average Bonchev–Trinajstić information content (AvgIpc) is 2.21. The first kappa shape index (κ1) is 13.5. The quantitative estimate of drug-likeness (QED) is 0.531. The third kappa shape index (κ3) is 8.16. The van der Waals surface area contributed by atoms with Gasteiger partial charge in [-0.25, -0.2) is 0 Å². The molecule has 0 aromatic heterocycles. The Hall–Kier alpha value is -0.450. The Kier molecular flexibility index (Phi) is 10.3. The van der Waals surface area contributed by atoms with Gasteiger partial charge in [0, 0.05) is 12.0 Å². The molecule has 0 amide bonds. The number of hydrogen-bond acceptors (Lipinski definition) is 1. The summed E-state index contributed by atoms with van der Waals surface area (Å²) in [6.45, 7) is 2.24. The number of aliphatic hydroxyl groups excluding tert-OH is 1. The third-order valence-electron chi connectivity index (χ3n) is 1.94. The summed E-state index contributed by atoms with van der Waals surface area (Å²) in [5.41, 5.74) is 1.41. The number of unbranched alkanes of at least 4 members (excludes halogenated alkanes) is 4. The summed E-state index contributed by atoms with van der Waals surface area (Å²) in [7, 11) is 0. The predicted molar refractivity (Wildman–Crippen MR) is 62.1 cm³/mol. The summed E-state index contributed by atoms with van der Waals surface area (Å²) >= 11 is 5.40. The van der Waals surface area contributed by atoms with Crippen LogP contribution in [0.15, 0.2) is 11.6 Å². The van der Waals surface area contributed by atoms with Crippen molar-refractivity contribution in [2.45, 2.75) is 39.0 Å². The Bertz CT molecular complexity index is 200. The highest BCUT2D eigenvalue weighted by Gasteiger charge is 1.94. The van der Waals surface area contributed by atoms with Gasteiger partial charge in [-0.2, -0.15) is 0 Å². The fourth-order valence-electron chi connectivity index (χ4n) is 1.09. The van der Waals surface area contributed by atoms with Crippen LogP contribution >= 0.6 is 11.6 Å². The smallest absolute Gasteiger partial charge is 0.0625 e. The van der Waals surface area contributed by atoms with Crippen LogP contribution < -0.4 is 0 Å². The van der Waals surface area contributed by atoms with Crippen molar-refractivity contribution in [2.75, 3.05) is 6.61 Å². The van der Waals surface area contributed by atoms with Crippen LogP contribution in [0.5, 0.6) is 0 Å². The number of aliphatic hydroxyl groups is 1. The van der Waals surface area contributed by atoms with Gasteiger partial charge < -0.3 is 5.11 Å². The zero-order chi connectivity index (χ0) is 10.6. The van der Waals surface area contributed by atoms with Gasteiger partial charge in [0.1, 0.15) is 0 Å². The third-order valence-corrected chi connectivity index (χ3v) is 2.09. The number of halogens is 1. The summed E-state index contributed by atoms with van der Waals surface area (Å²) < 4.78 is 0. The maximum Gasteiger partial charge on any atom is 0.0625 e. The lowest BCUT2D eigenvalue weighted by Gasteiger charge is -1.97.